The third kappa shape index (κ3) is 5.55. The lowest BCUT2D eigenvalue weighted by atomic mass is 10.1. The quantitative estimate of drug-likeness (QED) is 0.162. The topological polar surface area (TPSA) is 46.6 Å². The van der Waals surface area contributed by atoms with E-state index in [1.165, 1.54) is 10.4 Å². The van der Waals surface area contributed by atoms with E-state index in [0.717, 1.165) is 10.5 Å². The SMILES string of the molecule is CC(C)(C)[Si](OCCc1ccc(N2C(=O)C(Cl)=C(c3cccc(Cl)c3)C2=O)cc1)(c1ccccc1)c1ccccc1. The fraction of sp³-hybridized carbons (Fsp3) is 0.176. The highest BCUT2D eigenvalue weighted by Crippen LogP contribution is 2.38. The highest BCUT2D eigenvalue weighted by molar-refractivity contribution is 6.99. The Morgan fingerprint density at radius 3 is 1.85 bits per heavy atom. The molecule has 1 heterocycles. The predicted octanol–water partition coefficient (Wildman–Crippen LogP) is 6.98. The van der Waals surface area contributed by atoms with Crippen LogP contribution in [0.3, 0.4) is 0 Å². The van der Waals surface area contributed by atoms with Crippen molar-refractivity contribution in [1.82, 2.24) is 0 Å². The summed E-state index contributed by atoms with van der Waals surface area (Å²) in [5.41, 5.74) is 2.18. The van der Waals surface area contributed by atoms with Crippen molar-refractivity contribution in [2.75, 3.05) is 11.5 Å². The summed E-state index contributed by atoms with van der Waals surface area (Å²) in [6, 6.07) is 35.3. The van der Waals surface area contributed by atoms with Crippen LogP contribution in [0.25, 0.3) is 5.57 Å². The summed E-state index contributed by atoms with van der Waals surface area (Å²) in [6.07, 6.45) is 0.680. The summed E-state index contributed by atoms with van der Waals surface area (Å²) >= 11 is 12.5. The lowest BCUT2D eigenvalue weighted by molar-refractivity contribution is -0.119. The Balaban J connectivity index is 1.35. The molecule has 0 radical (unpaired) electrons. The van der Waals surface area contributed by atoms with Gasteiger partial charge < -0.3 is 4.43 Å². The maximum Gasteiger partial charge on any atom is 0.277 e. The van der Waals surface area contributed by atoms with E-state index in [1.54, 1.807) is 36.4 Å². The summed E-state index contributed by atoms with van der Waals surface area (Å²) in [7, 11) is -2.63. The lowest BCUT2D eigenvalue weighted by Crippen LogP contribution is -2.66. The standard InChI is InChI=1S/C34H31Cl2NO3Si/c1-34(2,3)41(28-13-6-4-7-14-28,29-15-8-5-9-16-29)40-22-21-24-17-19-27(20-18-24)37-32(38)30(31(36)33(37)39)25-11-10-12-26(35)23-25/h4-20,23H,21-22H2,1-3H3. The van der Waals surface area contributed by atoms with Gasteiger partial charge in [-0.2, -0.15) is 0 Å². The third-order valence-corrected chi connectivity index (χ3v) is 13.1. The van der Waals surface area contributed by atoms with Crippen molar-refractivity contribution in [3.63, 3.8) is 0 Å². The average molecular weight is 601 g/mol. The molecular weight excluding hydrogens is 569 g/mol. The molecule has 0 aromatic heterocycles. The van der Waals surface area contributed by atoms with Crippen molar-refractivity contribution in [2.24, 2.45) is 0 Å². The number of imide groups is 1. The van der Waals surface area contributed by atoms with Crippen molar-refractivity contribution >= 4 is 65.0 Å². The molecule has 4 aromatic rings. The molecule has 0 aliphatic carbocycles. The predicted molar refractivity (Wildman–Crippen MR) is 170 cm³/mol. The van der Waals surface area contributed by atoms with Crippen LogP contribution in [-0.2, 0) is 20.4 Å². The maximum atomic E-state index is 13.3. The molecule has 4 aromatic carbocycles. The Morgan fingerprint density at radius 1 is 0.732 bits per heavy atom. The molecule has 0 bridgehead atoms. The van der Waals surface area contributed by atoms with E-state index < -0.39 is 20.1 Å². The first kappa shape index (κ1) is 29.0. The van der Waals surface area contributed by atoms with Crippen molar-refractivity contribution in [3.8, 4) is 0 Å². The second kappa shape index (κ2) is 11.8. The fourth-order valence-corrected chi connectivity index (χ4v) is 10.6. The molecule has 7 heteroatoms. The van der Waals surface area contributed by atoms with Gasteiger partial charge in [-0.1, -0.05) is 129 Å². The fourth-order valence-electron chi connectivity index (χ4n) is 5.53. The molecule has 0 spiro atoms. The van der Waals surface area contributed by atoms with Gasteiger partial charge in [-0.15, -0.1) is 0 Å². The van der Waals surface area contributed by atoms with E-state index in [4.69, 9.17) is 27.6 Å². The molecule has 2 amide bonds. The van der Waals surface area contributed by atoms with Gasteiger partial charge in [0.2, 0.25) is 0 Å². The number of halogens is 2. The van der Waals surface area contributed by atoms with Crippen molar-refractivity contribution in [3.05, 3.63) is 130 Å². The molecule has 1 aliphatic rings. The first-order chi connectivity index (χ1) is 19.6. The molecule has 0 saturated carbocycles. The van der Waals surface area contributed by atoms with Gasteiger partial charge in [-0.3, -0.25) is 9.59 Å². The molecule has 0 unspecified atom stereocenters. The van der Waals surface area contributed by atoms with Crippen LogP contribution in [-0.4, -0.2) is 26.7 Å². The normalized spacial score (nSPS) is 14.2. The molecule has 1 aliphatic heterocycles. The van der Waals surface area contributed by atoms with Gasteiger partial charge in [0, 0.05) is 11.6 Å². The number of rotatable bonds is 8. The Kier molecular flexibility index (Phi) is 8.34. The zero-order valence-electron chi connectivity index (χ0n) is 23.2. The van der Waals surface area contributed by atoms with E-state index >= 15 is 0 Å². The number of hydrogen-bond acceptors (Lipinski definition) is 3. The lowest BCUT2D eigenvalue weighted by Gasteiger charge is -2.43. The number of amides is 2. The number of carbonyl (C=O) groups excluding carboxylic acids is 2. The van der Waals surface area contributed by atoms with Crippen molar-refractivity contribution in [2.45, 2.75) is 32.2 Å². The van der Waals surface area contributed by atoms with Gasteiger partial charge >= 0.3 is 0 Å². The molecule has 41 heavy (non-hydrogen) atoms. The van der Waals surface area contributed by atoms with Crippen molar-refractivity contribution in [1.29, 1.82) is 0 Å². The number of carbonyl (C=O) groups is 2. The molecule has 4 nitrogen and oxygen atoms in total. The summed E-state index contributed by atoms with van der Waals surface area (Å²) in [5, 5.41) is 2.71. The van der Waals surface area contributed by atoms with E-state index in [2.05, 4.69) is 69.3 Å². The number of hydrogen-bond donors (Lipinski definition) is 0. The highest BCUT2D eigenvalue weighted by atomic mass is 35.5. The van der Waals surface area contributed by atoms with Gasteiger partial charge in [0.1, 0.15) is 5.03 Å². The Labute approximate surface area is 252 Å². The molecule has 0 atom stereocenters. The summed E-state index contributed by atoms with van der Waals surface area (Å²) < 4.78 is 7.01. The number of anilines is 1. The molecule has 208 valence electrons. The second-order valence-corrected chi connectivity index (χ2v) is 16.2. The number of nitrogens with zero attached hydrogens (tertiary/aromatic N) is 1. The van der Waals surface area contributed by atoms with E-state index in [1.807, 2.05) is 24.3 Å². The van der Waals surface area contributed by atoms with E-state index in [9.17, 15) is 9.59 Å². The summed E-state index contributed by atoms with van der Waals surface area (Å²) in [4.78, 5) is 27.4. The minimum absolute atomic E-state index is 0.108. The zero-order chi connectivity index (χ0) is 29.2. The summed E-state index contributed by atoms with van der Waals surface area (Å²) in [6.45, 7) is 7.30. The molecule has 5 rings (SSSR count). The Hall–Kier alpha value is -3.48. The monoisotopic (exact) mass is 599 g/mol. The molecule has 0 fully saturated rings. The molecular formula is C34H31Cl2NO3Si. The van der Waals surface area contributed by atoms with E-state index in [0.29, 0.717) is 29.3 Å². The first-order valence-electron chi connectivity index (χ1n) is 13.5. The van der Waals surface area contributed by atoms with Gasteiger partial charge in [0.05, 0.1) is 11.3 Å². The Morgan fingerprint density at radius 2 is 1.32 bits per heavy atom. The minimum Gasteiger partial charge on any atom is -0.407 e. The Bertz CT molecular complexity index is 1560. The van der Waals surface area contributed by atoms with Crippen LogP contribution in [0.15, 0.2) is 114 Å². The van der Waals surface area contributed by atoms with E-state index in [-0.39, 0.29) is 15.6 Å². The zero-order valence-corrected chi connectivity index (χ0v) is 25.7. The van der Waals surface area contributed by atoms with Crippen LogP contribution in [0.2, 0.25) is 10.1 Å². The third-order valence-electron chi connectivity index (χ3n) is 7.46. The van der Waals surface area contributed by atoms with Crippen LogP contribution in [0.4, 0.5) is 5.69 Å². The highest BCUT2D eigenvalue weighted by Gasteiger charge is 2.50. The van der Waals surface area contributed by atoms with Gasteiger partial charge in [0.15, 0.2) is 0 Å². The number of benzene rings is 4. The van der Waals surface area contributed by atoms with Crippen LogP contribution in [0.5, 0.6) is 0 Å². The summed E-state index contributed by atoms with van der Waals surface area (Å²) in [5.74, 6) is -1.01. The average Bonchev–Trinajstić information content (AvgIpc) is 3.19. The minimum atomic E-state index is -2.63. The van der Waals surface area contributed by atoms with Gasteiger partial charge in [-0.05, 0) is 57.2 Å². The molecule has 0 saturated heterocycles. The first-order valence-corrected chi connectivity index (χ1v) is 16.2. The maximum absolute atomic E-state index is 13.3. The smallest absolute Gasteiger partial charge is 0.277 e. The van der Waals surface area contributed by atoms with Crippen LogP contribution in [0.1, 0.15) is 31.9 Å². The largest absolute Gasteiger partial charge is 0.407 e. The van der Waals surface area contributed by atoms with Crippen LogP contribution < -0.4 is 15.3 Å². The van der Waals surface area contributed by atoms with Crippen LogP contribution in [0, 0.1) is 0 Å². The second-order valence-electron chi connectivity index (χ2n) is 11.1. The van der Waals surface area contributed by atoms with Gasteiger partial charge in [-0.25, -0.2) is 4.90 Å². The van der Waals surface area contributed by atoms with Crippen molar-refractivity contribution < 1.29 is 14.0 Å². The molecule has 0 N–H and O–H groups in total. The van der Waals surface area contributed by atoms with Crippen LogP contribution >= 0.6 is 23.2 Å². The van der Waals surface area contributed by atoms with Gasteiger partial charge in [0.25, 0.3) is 20.1 Å².